The third-order valence-corrected chi connectivity index (χ3v) is 6.33. The first-order valence-corrected chi connectivity index (χ1v) is 11.3. The molecule has 0 saturated carbocycles. The van der Waals surface area contributed by atoms with Crippen LogP contribution in [0.1, 0.15) is 19.8 Å². The van der Waals surface area contributed by atoms with Gasteiger partial charge in [-0.1, -0.05) is 67.9 Å². The number of unbranched alkanes of at least 4 members (excludes halogenated alkanes) is 1. The predicted octanol–water partition coefficient (Wildman–Crippen LogP) is 5.05. The third kappa shape index (κ3) is 4.44. The second-order valence-electron chi connectivity index (χ2n) is 7.62. The van der Waals surface area contributed by atoms with Gasteiger partial charge in [0.25, 0.3) is 5.56 Å². The van der Waals surface area contributed by atoms with E-state index in [1.165, 1.54) is 22.2 Å². The van der Waals surface area contributed by atoms with Crippen LogP contribution < -0.4 is 5.56 Å². The molecule has 5 nitrogen and oxygen atoms in total. The molecule has 2 heterocycles. The molecule has 4 aromatic rings. The Morgan fingerprint density at radius 3 is 2.42 bits per heavy atom. The summed E-state index contributed by atoms with van der Waals surface area (Å²) in [7, 11) is 1.78. The number of carbonyl (C=O) groups excluding carboxylic acids is 1. The number of thiophene rings is 1. The van der Waals surface area contributed by atoms with E-state index in [1.807, 2.05) is 35.7 Å². The van der Waals surface area contributed by atoms with Crippen molar-refractivity contribution in [3.05, 3.63) is 76.7 Å². The molecule has 0 aliphatic carbocycles. The Hall–Kier alpha value is -3.25. The fourth-order valence-corrected chi connectivity index (χ4v) is 4.46. The first kappa shape index (κ1) is 21.0. The van der Waals surface area contributed by atoms with Gasteiger partial charge in [-0.25, -0.2) is 4.98 Å². The van der Waals surface area contributed by atoms with Crippen LogP contribution in [-0.2, 0) is 11.3 Å². The molecule has 0 N–H and O–H groups in total. The van der Waals surface area contributed by atoms with Crippen LogP contribution >= 0.6 is 11.3 Å². The lowest BCUT2D eigenvalue weighted by molar-refractivity contribution is -0.130. The summed E-state index contributed by atoms with van der Waals surface area (Å²) in [5.41, 5.74) is 3.93. The van der Waals surface area contributed by atoms with Crippen molar-refractivity contribution < 1.29 is 4.79 Å². The summed E-state index contributed by atoms with van der Waals surface area (Å²) in [6.45, 7) is 2.78. The van der Waals surface area contributed by atoms with Crippen molar-refractivity contribution >= 4 is 27.5 Å². The number of benzene rings is 2. The molecule has 1 amide bonds. The number of aromatic nitrogens is 2. The minimum Gasteiger partial charge on any atom is -0.344 e. The summed E-state index contributed by atoms with van der Waals surface area (Å²) < 4.78 is 1.42. The first-order chi connectivity index (χ1) is 15.1. The van der Waals surface area contributed by atoms with Gasteiger partial charge in [0.15, 0.2) is 0 Å². The zero-order valence-electron chi connectivity index (χ0n) is 17.7. The zero-order valence-corrected chi connectivity index (χ0v) is 18.6. The Morgan fingerprint density at radius 2 is 1.71 bits per heavy atom. The molecule has 0 saturated heterocycles. The van der Waals surface area contributed by atoms with E-state index in [1.54, 1.807) is 11.9 Å². The molecule has 0 radical (unpaired) electrons. The van der Waals surface area contributed by atoms with Crippen LogP contribution in [0.2, 0.25) is 0 Å². The largest absolute Gasteiger partial charge is 0.344 e. The molecule has 0 bridgehead atoms. The predicted molar refractivity (Wildman–Crippen MR) is 127 cm³/mol. The minimum atomic E-state index is -0.175. The van der Waals surface area contributed by atoms with Gasteiger partial charge in [-0.2, -0.15) is 0 Å². The van der Waals surface area contributed by atoms with E-state index in [-0.39, 0.29) is 18.0 Å². The topological polar surface area (TPSA) is 55.2 Å². The molecule has 0 unspecified atom stereocenters. The summed E-state index contributed by atoms with van der Waals surface area (Å²) in [5, 5.41) is 2.54. The molecule has 0 atom stereocenters. The maximum absolute atomic E-state index is 13.2. The number of hydrogen-bond donors (Lipinski definition) is 0. The van der Waals surface area contributed by atoms with E-state index in [0.717, 1.165) is 35.1 Å². The van der Waals surface area contributed by atoms with Crippen molar-refractivity contribution in [1.82, 2.24) is 14.5 Å². The summed E-state index contributed by atoms with van der Waals surface area (Å²) in [5.74, 6) is -0.0827. The van der Waals surface area contributed by atoms with Crippen LogP contribution in [0.3, 0.4) is 0 Å². The second-order valence-corrected chi connectivity index (χ2v) is 8.48. The van der Waals surface area contributed by atoms with Crippen molar-refractivity contribution in [2.75, 3.05) is 13.6 Å². The SMILES string of the molecule is CCCCN(C)C(=O)Cn1cnc2scc(-c3ccc(-c4ccccc4)cc3)c2c1=O. The average Bonchev–Trinajstić information content (AvgIpc) is 3.25. The average molecular weight is 432 g/mol. The molecule has 2 aromatic heterocycles. The van der Waals surface area contributed by atoms with E-state index in [0.29, 0.717) is 16.8 Å². The summed E-state index contributed by atoms with van der Waals surface area (Å²) in [6.07, 6.45) is 3.45. The lowest BCUT2D eigenvalue weighted by Gasteiger charge is -2.17. The Balaban J connectivity index is 1.65. The standard InChI is InChI=1S/C25H25N3O2S/c1-3-4-14-27(2)22(29)15-28-17-26-24-23(25(28)30)21(16-31-24)20-12-10-19(11-13-20)18-8-6-5-7-9-18/h5-13,16-17H,3-4,14-15H2,1-2H3. The second kappa shape index (κ2) is 9.27. The van der Waals surface area contributed by atoms with Gasteiger partial charge in [-0.05, 0) is 23.1 Å². The van der Waals surface area contributed by atoms with Gasteiger partial charge >= 0.3 is 0 Å². The Bertz CT molecular complexity index is 1240. The number of likely N-dealkylation sites (N-methyl/N-ethyl adjacent to an activating group) is 1. The maximum atomic E-state index is 13.2. The van der Waals surface area contributed by atoms with Gasteiger partial charge < -0.3 is 4.90 Å². The van der Waals surface area contributed by atoms with Gasteiger partial charge in [0.2, 0.25) is 5.91 Å². The molecule has 158 valence electrons. The highest BCUT2D eigenvalue weighted by Crippen LogP contribution is 2.32. The van der Waals surface area contributed by atoms with E-state index < -0.39 is 0 Å². The fourth-order valence-electron chi connectivity index (χ4n) is 3.55. The van der Waals surface area contributed by atoms with E-state index >= 15 is 0 Å². The van der Waals surface area contributed by atoms with E-state index in [2.05, 4.69) is 36.2 Å². The van der Waals surface area contributed by atoms with Crippen molar-refractivity contribution in [3.63, 3.8) is 0 Å². The summed E-state index contributed by atoms with van der Waals surface area (Å²) in [4.78, 5) is 32.5. The van der Waals surface area contributed by atoms with Crippen LogP contribution in [0.4, 0.5) is 0 Å². The van der Waals surface area contributed by atoms with Crippen molar-refractivity contribution in [2.45, 2.75) is 26.3 Å². The third-order valence-electron chi connectivity index (χ3n) is 5.44. The molecule has 6 heteroatoms. The maximum Gasteiger partial charge on any atom is 0.263 e. The normalized spacial score (nSPS) is 11.0. The Morgan fingerprint density at radius 1 is 1.03 bits per heavy atom. The number of rotatable bonds is 7. The Kier molecular flexibility index (Phi) is 6.28. The molecule has 4 rings (SSSR count). The van der Waals surface area contributed by atoms with Gasteiger partial charge in [-0.3, -0.25) is 14.2 Å². The number of carbonyl (C=O) groups is 1. The number of hydrogen-bond acceptors (Lipinski definition) is 4. The van der Waals surface area contributed by atoms with Gasteiger partial charge in [-0.15, -0.1) is 11.3 Å². The molecule has 2 aromatic carbocycles. The minimum absolute atomic E-state index is 0.00419. The molecular weight excluding hydrogens is 406 g/mol. The summed E-state index contributed by atoms with van der Waals surface area (Å²) in [6, 6.07) is 18.4. The number of nitrogens with zero attached hydrogens (tertiary/aromatic N) is 3. The quantitative estimate of drug-likeness (QED) is 0.411. The van der Waals surface area contributed by atoms with Crippen LogP contribution in [0.15, 0.2) is 71.1 Å². The molecule has 0 aliphatic heterocycles. The van der Waals surface area contributed by atoms with Gasteiger partial charge in [0.1, 0.15) is 11.4 Å². The van der Waals surface area contributed by atoms with Crippen LogP contribution in [0, 0.1) is 0 Å². The number of fused-ring (bicyclic) bond motifs is 1. The van der Waals surface area contributed by atoms with Gasteiger partial charge in [0, 0.05) is 24.5 Å². The van der Waals surface area contributed by atoms with Crippen LogP contribution in [0.5, 0.6) is 0 Å². The van der Waals surface area contributed by atoms with Crippen LogP contribution in [-0.4, -0.2) is 34.0 Å². The monoisotopic (exact) mass is 431 g/mol. The van der Waals surface area contributed by atoms with Crippen molar-refractivity contribution in [2.24, 2.45) is 0 Å². The highest BCUT2D eigenvalue weighted by Gasteiger charge is 2.16. The van der Waals surface area contributed by atoms with Crippen molar-refractivity contribution in [1.29, 1.82) is 0 Å². The Labute approximate surface area is 185 Å². The highest BCUT2D eigenvalue weighted by atomic mass is 32.1. The molecule has 0 fully saturated rings. The highest BCUT2D eigenvalue weighted by molar-refractivity contribution is 7.17. The van der Waals surface area contributed by atoms with Gasteiger partial charge in [0.05, 0.1) is 11.7 Å². The summed E-state index contributed by atoms with van der Waals surface area (Å²) >= 11 is 1.45. The van der Waals surface area contributed by atoms with E-state index in [9.17, 15) is 9.59 Å². The molecule has 0 spiro atoms. The van der Waals surface area contributed by atoms with Crippen molar-refractivity contribution in [3.8, 4) is 22.3 Å². The molecule has 0 aliphatic rings. The zero-order chi connectivity index (χ0) is 21.8. The lowest BCUT2D eigenvalue weighted by atomic mass is 10.0. The number of amides is 1. The first-order valence-electron chi connectivity index (χ1n) is 10.4. The molecule has 31 heavy (non-hydrogen) atoms. The van der Waals surface area contributed by atoms with E-state index in [4.69, 9.17) is 0 Å². The lowest BCUT2D eigenvalue weighted by Crippen LogP contribution is -2.34. The van der Waals surface area contributed by atoms with Crippen LogP contribution in [0.25, 0.3) is 32.5 Å². The smallest absolute Gasteiger partial charge is 0.263 e. The fraction of sp³-hybridized carbons (Fsp3) is 0.240. The molecular formula is C25H25N3O2S.